The number of piperidine rings is 1. The van der Waals surface area contributed by atoms with E-state index in [2.05, 4.69) is 26.0 Å². The fourth-order valence-corrected chi connectivity index (χ4v) is 6.60. The van der Waals surface area contributed by atoms with Crippen LogP contribution in [0.5, 0.6) is 11.5 Å². The Kier molecular flexibility index (Phi) is 7.65. The highest BCUT2D eigenvalue weighted by Gasteiger charge is 2.45. The first-order valence-electron chi connectivity index (χ1n) is 15.1. The molecular formula is C33H29ClF4N6O3. The van der Waals surface area contributed by atoms with Gasteiger partial charge in [0.1, 0.15) is 5.82 Å². The predicted octanol–water partition coefficient (Wildman–Crippen LogP) is 6.52. The van der Waals surface area contributed by atoms with E-state index in [1.54, 1.807) is 25.1 Å². The summed E-state index contributed by atoms with van der Waals surface area (Å²) >= 11 is 5.95. The molecule has 3 atom stereocenters. The number of H-pyrrole nitrogens is 1. The summed E-state index contributed by atoms with van der Waals surface area (Å²) < 4.78 is 66.6. The van der Waals surface area contributed by atoms with Crippen molar-refractivity contribution in [3.8, 4) is 29.0 Å². The number of ether oxygens (including phenoxy) is 2. The van der Waals surface area contributed by atoms with Crippen LogP contribution in [0.1, 0.15) is 60.3 Å². The Morgan fingerprint density at radius 1 is 1.19 bits per heavy atom. The maximum atomic E-state index is 14.8. The highest BCUT2D eigenvalue weighted by Crippen LogP contribution is 2.50. The molecule has 4 aromatic rings. The molecule has 0 spiro atoms. The Morgan fingerprint density at radius 3 is 2.68 bits per heavy atom. The molecule has 2 fully saturated rings. The number of nitrogens with zero attached hydrogens (tertiary/aromatic N) is 5. The molecule has 7 rings (SSSR count). The van der Waals surface area contributed by atoms with Gasteiger partial charge in [0, 0.05) is 48.3 Å². The molecule has 1 aliphatic carbocycles. The zero-order valence-corrected chi connectivity index (χ0v) is 25.9. The molecular weight excluding hydrogens is 640 g/mol. The Hall–Kier alpha value is -4.25. The van der Waals surface area contributed by atoms with E-state index in [1.165, 1.54) is 18.3 Å². The minimum atomic E-state index is -4.67. The molecule has 0 bridgehead atoms. The van der Waals surface area contributed by atoms with E-state index in [-0.39, 0.29) is 22.3 Å². The predicted molar refractivity (Wildman–Crippen MR) is 161 cm³/mol. The number of halogens is 5. The first kappa shape index (κ1) is 31.4. The average molecular weight is 669 g/mol. The third-order valence-corrected chi connectivity index (χ3v) is 9.40. The highest BCUT2D eigenvalue weighted by atomic mass is 35.5. The Labute approximate surface area is 272 Å². The number of fused-ring (bicyclic) bond motifs is 1. The number of benzene rings is 2. The summed E-state index contributed by atoms with van der Waals surface area (Å²) in [5.41, 5.74) is 2.14. The summed E-state index contributed by atoms with van der Waals surface area (Å²) in [6, 6.07) is 13.8. The van der Waals surface area contributed by atoms with Gasteiger partial charge in [-0.2, -0.15) is 23.5 Å². The van der Waals surface area contributed by atoms with Crippen molar-refractivity contribution in [2.24, 2.45) is 5.41 Å². The molecule has 0 amide bonds. The normalized spacial score (nSPS) is 23.4. The second-order valence-electron chi connectivity index (χ2n) is 12.6. The number of alkyl halides is 3. The van der Waals surface area contributed by atoms with Crippen molar-refractivity contribution in [3.63, 3.8) is 0 Å². The maximum absolute atomic E-state index is 14.8. The molecule has 14 heteroatoms. The van der Waals surface area contributed by atoms with Crippen LogP contribution in [0.2, 0.25) is 5.02 Å². The molecule has 3 aliphatic rings. The minimum Gasteiger partial charge on any atom is -0.444 e. The number of β-amino-alcohol motifs (C(OH)–C–C–N with tert-alkyl or cyclic N) is 1. The van der Waals surface area contributed by atoms with E-state index in [1.807, 2.05) is 17.2 Å². The van der Waals surface area contributed by atoms with E-state index in [0.717, 1.165) is 24.0 Å². The lowest BCUT2D eigenvalue weighted by Crippen LogP contribution is -2.42. The lowest BCUT2D eigenvalue weighted by molar-refractivity contribution is -0.144. The second kappa shape index (κ2) is 11.5. The van der Waals surface area contributed by atoms with Gasteiger partial charge in [-0.15, -0.1) is 0 Å². The maximum Gasteiger partial charge on any atom is 0.451 e. The van der Waals surface area contributed by atoms with Crippen LogP contribution in [0.3, 0.4) is 0 Å². The SMILES string of the molecule is C[C@]1(c2ccc(Cl)cc2F)Oc2cccc(C3CCN(Cc4ncc(-c5n[nH]c(C(F)(F)F)n5)cc4CC4(C#N)CC4)C[C@@H]3O)c2O1. The quantitative estimate of drug-likeness (QED) is 0.214. The van der Waals surface area contributed by atoms with E-state index in [4.69, 9.17) is 21.1 Å². The minimum absolute atomic E-state index is 0.132. The van der Waals surface area contributed by atoms with Crippen molar-refractivity contribution in [1.82, 2.24) is 25.1 Å². The number of aromatic amines is 1. The van der Waals surface area contributed by atoms with E-state index >= 15 is 0 Å². The average Bonchev–Trinajstić information content (AvgIpc) is 3.42. The number of aliphatic hydroxyl groups excluding tert-OH is 1. The number of rotatable bonds is 7. The fraction of sp³-hybridized carbons (Fsp3) is 0.394. The van der Waals surface area contributed by atoms with Gasteiger partial charge in [-0.05, 0) is 68.1 Å². The molecule has 2 N–H and O–H groups in total. The molecule has 1 saturated heterocycles. The van der Waals surface area contributed by atoms with Gasteiger partial charge in [0.2, 0.25) is 5.82 Å². The zero-order valence-electron chi connectivity index (χ0n) is 25.1. The number of hydrogen-bond acceptors (Lipinski definition) is 8. The van der Waals surface area contributed by atoms with Gasteiger partial charge in [-0.1, -0.05) is 23.7 Å². The third-order valence-electron chi connectivity index (χ3n) is 9.16. The van der Waals surface area contributed by atoms with Gasteiger partial charge in [0.25, 0.3) is 5.79 Å². The van der Waals surface area contributed by atoms with Gasteiger partial charge in [-0.25, -0.2) is 9.37 Å². The van der Waals surface area contributed by atoms with Crippen molar-refractivity contribution in [2.45, 2.75) is 63.1 Å². The molecule has 1 unspecified atom stereocenters. The van der Waals surface area contributed by atoms with Gasteiger partial charge in [0.15, 0.2) is 17.3 Å². The first-order valence-corrected chi connectivity index (χ1v) is 15.5. The first-order chi connectivity index (χ1) is 22.4. The third kappa shape index (κ3) is 6.01. The van der Waals surface area contributed by atoms with Gasteiger partial charge >= 0.3 is 6.18 Å². The van der Waals surface area contributed by atoms with Crippen LogP contribution in [0.4, 0.5) is 17.6 Å². The summed E-state index contributed by atoms with van der Waals surface area (Å²) in [5.74, 6) is -2.71. The van der Waals surface area contributed by atoms with Gasteiger partial charge < -0.3 is 14.6 Å². The Morgan fingerprint density at radius 2 is 2.00 bits per heavy atom. The van der Waals surface area contributed by atoms with Crippen LogP contribution in [-0.2, 0) is 24.9 Å². The van der Waals surface area contributed by atoms with Crippen molar-refractivity contribution < 1.29 is 32.1 Å². The van der Waals surface area contributed by atoms with Crippen LogP contribution in [-0.4, -0.2) is 49.4 Å². The number of hydrogen-bond donors (Lipinski definition) is 2. The Balaban J connectivity index is 1.09. The van der Waals surface area contributed by atoms with Crippen molar-refractivity contribution in [3.05, 3.63) is 87.7 Å². The van der Waals surface area contributed by atoms with Gasteiger partial charge in [-0.3, -0.25) is 15.0 Å². The number of nitriles is 1. The lowest BCUT2D eigenvalue weighted by Gasteiger charge is -2.36. The number of para-hydroxylation sites is 1. The van der Waals surface area contributed by atoms with E-state index < -0.39 is 35.1 Å². The standard InChI is InChI=1S/C33H29ClF4N6O3/c1-31(23-6-5-20(34)12-24(23)35)46-27-4-2-3-22(28(27)47-31)21-7-10-44(16-26(21)45)15-25-18(13-32(17-39)8-9-32)11-19(14-40-25)29-41-30(43-42-29)33(36,37)38/h2-6,11-12,14,21,26,45H,7-10,13,15-16H2,1H3,(H,41,42,43)/t21?,26-,31-/m0/s1. The highest BCUT2D eigenvalue weighted by molar-refractivity contribution is 6.30. The van der Waals surface area contributed by atoms with Gasteiger partial charge in [0.05, 0.1) is 28.8 Å². The number of nitrogens with one attached hydrogen (secondary N) is 1. The summed E-state index contributed by atoms with van der Waals surface area (Å²) in [6.45, 7) is 2.90. The number of likely N-dealkylation sites (tertiary alicyclic amines) is 1. The van der Waals surface area contributed by atoms with Crippen molar-refractivity contribution in [1.29, 1.82) is 5.26 Å². The summed E-state index contributed by atoms with van der Waals surface area (Å²) in [5, 5.41) is 27.1. The molecule has 0 radical (unpaired) electrons. The molecule has 2 aromatic carbocycles. The molecule has 9 nitrogen and oxygen atoms in total. The topological polar surface area (TPSA) is 120 Å². The molecule has 47 heavy (non-hydrogen) atoms. The summed E-state index contributed by atoms with van der Waals surface area (Å²) in [6.07, 6.45) is -1.60. The van der Waals surface area contributed by atoms with E-state index in [9.17, 15) is 27.9 Å². The van der Waals surface area contributed by atoms with Crippen molar-refractivity contribution in [2.75, 3.05) is 13.1 Å². The monoisotopic (exact) mass is 668 g/mol. The van der Waals surface area contributed by atoms with Crippen LogP contribution in [0.15, 0.2) is 48.7 Å². The molecule has 4 heterocycles. The number of pyridine rings is 1. The number of aliphatic hydroxyl groups is 1. The molecule has 2 aromatic heterocycles. The number of aromatic nitrogens is 4. The fourth-order valence-electron chi connectivity index (χ4n) is 6.44. The largest absolute Gasteiger partial charge is 0.451 e. The lowest BCUT2D eigenvalue weighted by atomic mass is 9.86. The van der Waals surface area contributed by atoms with E-state index in [0.29, 0.717) is 55.2 Å². The second-order valence-corrected chi connectivity index (χ2v) is 13.0. The molecule has 1 saturated carbocycles. The van der Waals surface area contributed by atoms with Crippen LogP contribution < -0.4 is 9.47 Å². The van der Waals surface area contributed by atoms with Crippen LogP contribution in [0, 0.1) is 22.6 Å². The zero-order chi connectivity index (χ0) is 33.1. The summed E-state index contributed by atoms with van der Waals surface area (Å²) in [4.78, 5) is 10.2. The molecule has 244 valence electrons. The van der Waals surface area contributed by atoms with Crippen molar-refractivity contribution >= 4 is 11.6 Å². The smallest absolute Gasteiger partial charge is 0.444 e. The molecule has 2 aliphatic heterocycles. The van der Waals surface area contributed by atoms with Crippen LogP contribution >= 0.6 is 11.6 Å². The van der Waals surface area contributed by atoms with Crippen LogP contribution in [0.25, 0.3) is 11.4 Å². The summed E-state index contributed by atoms with van der Waals surface area (Å²) in [7, 11) is 0. The Bertz CT molecular complexity index is 1890.